The lowest BCUT2D eigenvalue weighted by Gasteiger charge is -2.16. The highest BCUT2D eigenvalue weighted by Crippen LogP contribution is 2.16. The standard InChI is InChI=1S/C16H22O5/c1-2-3-4-8-11-13(15(18)19)21-16(20)14(17)12-9-6-5-7-10-12/h5-7,9-10,13-14,17H,2-4,8,11H2,1H3,(H,18,19). The Kier molecular flexibility index (Phi) is 7.46. The molecule has 5 nitrogen and oxygen atoms in total. The van der Waals surface area contributed by atoms with E-state index in [0.29, 0.717) is 12.0 Å². The van der Waals surface area contributed by atoms with E-state index in [4.69, 9.17) is 9.84 Å². The van der Waals surface area contributed by atoms with Crippen molar-refractivity contribution < 1.29 is 24.5 Å². The van der Waals surface area contributed by atoms with Gasteiger partial charge in [-0.25, -0.2) is 9.59 Å². The number of aliphatic carboxylic acids is 1. The van der Waals surface area contributed by atoms with Gasteiger partial charge in [0, 0.05) is 0 Å². The minimum Gasteiger partial charge on any atom is -0.479 e. The number of hydrogen-bond donors (Lipinski definition) is 2. The van der Waals surface area contributed by atoms with E-state index >= 15 is 0 Å². The summed E-state index contributed by atoms with van der Waals surface area (Å²) in [6.45, 7) is 2.06. The fourth-order valence-electron chi connectivity index (χ4n) is 1.97. The molecule has 5 heteroatoms. The van der Waals surface area contributed by atoms with Gasteiger partial charge in [0.25, 0.3) is 0 Å². The van der Waals surface area contributed by atoms with Gasteiger partial charge in [0.1, 0.15) is 0 Å². The molecule has 2 N–H and O–H groups in total. The first-order valence-electron chi connectivity index (χ1n) is 7.22. The van der Waals surface area contributed by atoms with Gasteiger partial charge in [-0.2, -0.15) is 0 Å². The molecule has 0 aliphatic heterocycles. The maximum absolute atomic E-state index is 11.8. The highest BCUT2D eigenvalue weighted by molar-refractivity contribution is 5.81. The number of esters is 1. The first kappa shape index (κ1) is 17.2. The zero-order valence-electron chi connectivity index (χ0n) is 12.2. The van der Waals surface area contributed by atoms with E-state index in [-0.39, 0.29) is 6.42 Å². The van der Waals surface area contributed by atoms with Crippen LogP contribution in [-0.2, 0) is 14.3 Å². The molecule has 2 unspecified atom stereocenters. The third kappa shape index (κ3) is 5.95. The van der Waals surface area contributed by atoms with E-state index in [0.717, 1.165) is 19.3 Å². The highest BCUT2D eigenvalue weighted by atomic mass is 16.6. The van der Waals surface area contributed by atoms with Gasteiger partial charge in [-0.1, -0.05) is 56.5 Å². The molecule has 0 fully saturated rings. The molecule has 0 saturated heterocycles. The van der Waals surface area contributed by atoms with Crippen molar-refractivity contribution in [1.29, 1.82) is 0 Å². The lowest BCUT2D eigenvalue weighted by molar-refractivity contribution is -0.171. The molecule has 0 bridgehead atoms. The highest BCUT2D eigenvalue weighted by Gasteiger charge is 2.26. The normalized spacial score (nSPS) is 13.4. The van der Waals surface area contributed by atoms with Crippen molar-refractivity contribution >= 4 is 11.9 Å². The second-order valence-corrected chi connectivity index (χ2v) is 4.93. The zero-order valence-corrected chi connectivity index (χ0v) is 12.2. The number of unbranched alkanes of at least 4 members (excludes halogenated alkanes) is 3. The zero-order chi connectivity index (χ0) is 15.7. The number of carbonyl (C=O) groups is 2. The van der Waals surface area contributed by atoms with Gasteiger partial charge in [0.05, 0.1) is 0 Å². The summed E-state index contributed by atoms with van der Waals surface area (Å²) in [7, 11) is 0. The third-order valence-corrected chi connectivity index (χ3v) is 3.19. The van der Waals surface area contributed by atoms with Crippen LogP contribution in [0.3, 0.4) is 0 Å². The number of carbonyl (C=O) groups excluding carboxylic acids is 1. The quantitative estimate of drug-likeness (QED) is 0.540. The summed E-state index contributed by atoms with van der Waals surface area (Å²) in [4.78, 5) is 22.9. The van der Waals surface area contributed by atoms with Gasteiger partial charge in [-0.05, 0) is 18.4 Å². The molecule has 0 aliphatic carbocycles. The molecule has 116 valence electrons. The van der Waals surface area contributed by atoms with E-state index in [1.54, 1.807) is 30.3 Å². The van der Waals surface area contributed by atoms with Crippen molar-refractivity contribution in [2.45, 2.75) is 51.2 Å². The summed E-state index contributed by atoms with van der Waals surface area (Å²) in [5.41, 5.74) is 0.387. The number of aliphatic hydroxyl groups is 1. The molecule has 0 saturated carbocycles. The monoisotopic (exact) mass is 294 g/mol. The summed E-state index contributed by atoms with van der Waals surface area (Å²) < 4.78 is 4.92. The van der Waals surface area contributed by atoms with E-state index in [1.807, 2.05) is 0 Å². The van der Waals surface area contributed by atoms with Crippen molar-refractivity contribution in [2.75, 3.05) is 0 Å². The van der Waals surface area contributed by atoms with E-state index in [9.17, 15) is 14.7 Å². The van der Waals surface area contributed by atoms with Crippen molar-refractivity contribution in [2.24, 2.45) is 0 Å². The van der Waals surface area contributed by atoms with Crippen LogP contribution in [0.25, 0.3) is 0 Å². The second kappa shape index (κ2) is 9.13. The van der Waals surface area contributed by atoms with Gasteiger partial charge in [-0.15, -0.1) is 0 Å². The Morgan fingerprint density at radius 2 is 1.81 bits per heavy atom. The first-order chi connectivity index (χ1) is 10.1. The number of carboxylic acid groups (broad SMARTS) is 1. The van der Waals surface area contributed by atoms with Crippen LogP contribution in [0, 0.1) is 0 Å². The van der Waals surface area contributed by atoms with Crippen LogP contribution in [0.4, 0.5) is 0 Å². The molecular weight excluding hydrogens is 272 g/mol. The number of ether oxygens (including phenoxy) is 1. The minimum atomic E-state index is -1.45. The Balaban J connectivity index is 2.54. The molecule has 21 heavy (non-hydrogen) atoms. The van der Waals surface area contributed by atoms with Gasteiger partial charge >= 0.3 is 11.9 Å². The maximum Gasteiger partial charge on any atom is 0.345 e. The Morgan fingerprint density at radius 3 is 2.38 bits per heavy atom. The number of carboxylic acids is 1. The van der Waals surface area contributed by atoms with Crippen LogP contribution < -0.4 is 0 Å². The first-order valence-corrected chi connectivity index (χ1v) is 7.22. The van der Waals surface area contributed by atoms with E-state index < -0.39 is 24.1 Å². The fourth-order valence-corrected chi connectivity index (χ4v) is 1.97. The minimum absolute atomic E-state index is 0.266. The van der Waals surface area contributed by atoms with Gasteiger partial charge in [0.15, 0.2) is 12.2 Å². The molecule has 1 aromatic rings. The molecule has 0 aliphatic rings. The predicted molar refractivity (Wildman–Crippen MR) is 77.7 cm³/mol. The third-order valence-electron chi connectivity index (χ3n) is 3.19. The van der Waals surface area contributed by atoms with Crippen LogP contribution in [0.1, 0.15) is 50.7 Å². The summed E-state index contributed by atoms with van der Waals surface area (Å²) in [5.74, 6) is -2.11. The van der Waals surface area contributed by atoms with Crippen LogP contribution in [0.15, 0.2) is 30.3 Å². The van der Waals surface area contributed by atoms with Crippen LogP contribution >= 0.6 is 0 Å². The molecule has 0 aromatic heterocycles. The number of aliphatic hydroxyl groups excluding tert-OH is 1. The molecule has 0 radical (unpaired) electrons. The summed E-state index contributed by atoms with van der Waals surface area (Å²) >= 11 is 0. The average Bonchev–Trinajstić information content (AvgIpc) is 2.50. The number of rotatable bonds is 9. The summed E-state index contributed by atoms with van der Waals surface area (Å²) in [6.07, 6.45) is 1.26. The van der Waals surface area contributed by atoms with Crippen LogP contribution in [0.5, 0.6) is 0 Å². The Labute approximate surface area is 124 Å². The van der Waals surface area contributed by atoms with Crippen molar-refractivity contribution in [3.63, 3.8) is 0 Å². The van der Waals surface area contributed by atoms with Crippen LogP contribution in [0.2, 0.25) is 0 Å². The molecule has 0 heterocycles. The SMILES string of the molecule is CCCCCCC(OC(=O)C(O)c1ccccc1)C(=O)O. The molecule has 2 atom stereocenters. The Hall–Kier alpha value is -1.88. The lowest BCUT2D eigenvalue weighted by atomic mass is 10.1. The molecule has 1 aromatic carbocycles. The van der Waals surface area contributed by atoms with Gasteiger partial charge in [0.2, 0.25) is 0 Å². The van der Waals surface area contributed by atoms with Crippen molar-refractivity contribution in [3.05, 3.63) is 35.9 Å². The average molecular weight is 294 g/mol. The summed E-state index contributed by atoms with van der Waals surface area (Å²) in [6, 6.07) is 8.30. The number of hydrogen-bond acceptors (Lipinski definition) is 4. The summed E-state index contributed by atoms with van der Waals surface area (Å²) in [5, 5.41) is 18.9. The fraction of sp³-hybridized carbons (Fsp3) is 0.500. The van der Waals surface area contributed by atoms with Crippen LogP contribution in [-0.4, -0.2) is 28.3 Å². The Bertz CT molecular complexity index is 443. The second-order valence-electron chi connectivity index (χ2n) is 4.93. The maximum atomic E-state index is 11.8. The van der Waals surface area contributed by atoms with E-state index in [2.05, 4.69) is 6.92 Å². The largest absolute Gasteiger partial charge is 0.479 e. The van der Waals surface area contributed by atoms with Crippen molar-refractivity contribution in [3.8, 4) is 0 Å². The predicted octanol–water partition coefficient (Wildman–Crippen LogP) is 2.69. The molecular formula is C16H22O5. The molecule has 0 spiro atoms. The van der Waals surface area contributed by atoms with Gasteiger partial charge in [-0.3, -0.25) is 0 Å². The topological polar surface area (TPSA) is 83.8 Å². The smallest absolute Gasteiger partial charge is 0.345 e. The van der Waals surface area contributed by atoms with Gasteiger partial charge < -0.3 is 14.9 Å². The molecule has 1 rings (SSSR count). The van der Waals surface area contributed by atoms with Crippen molar-refractivity contribution in [1.82, 2.24) is 0 Å². The molecule has 0 amide bonds. The van der Waals surface area contributed by atoms with E-state index in [1.165, 1.54) is 0 Å². The number of benzene rings is 1. The Morgan fingerprint density at radius 1 is 1.14 bits per heavy atom. The lowest BCUT2D eigenvalue weighted by Crippen LogP contribution is -2.29.